The molecule has 1 fully saturated rings. The van der Waals surface area contributed by atoms with Crippen molar-refractivity contribution in [3.05, 3.63) is 35.4 Å². The van der Waals surface area contributed by atoms with E-state index in [2.05, 4.69) is 5.32 Å². The van der Waals surface area contributed by atoms with Gasteiger partial charge in [-0.2, -0.15) is 0 Å². The van der Waals surface area contributed by atoms with Crippen molar-refractivity contribution < 1.29 is 19.1 Å². The minimum absolute atomic E-state index is 0.0105. The van der Waals surface area contributed by atoms with Crippen molar-refractivity contribution >= 4 is 17.7 Å². The van der Waals surface area contributed by atoms with E-state index in [0.717, 1.165) is 31.2 Å². The van der Waals surface area contributed by atoms with Crippen molar-refractivity contribution in [2.75, 3.05) is 6.61 Å². The van der Waals surface area contributed by atoms with E-state index in [1.54, 1.807) is 12.1 Å². The highest BCUT2D eigenvalue weighted by Gasteiger charge is 2.16. The van der Waals surface area contributed by atoms with Crippen molar-refractivity contribution in [1.82, 2.24) is 5.32 Å². The Bertz CT molecular complexity index is 601. The molecule has 1 N–H and O–H groups in total. The molecule has 1 aliphatic carbocycles. The lowest BCUT2D eigenvalue weighted by Gasteiger charge is -2.20. The number of carbonyl (C=O) groups excluding carboxylic acids is 3. The van der Waals surface area contributed by atoms with Gasteiger partial charge in [-0.15, -0.1) is 0 Å². The highest BCUT2D eigenvalue weighted by Crippen LogP contribution is 2.17. The molecular weight excluding hydrogens is 330 g/mol. The minimum atomic E-state index is -0.515. The quantitative estimate of drug-likeness (QED) is 0.595. The number of rotatable bonds is 7. The summed E-state index contributed by atoms with van der Waals surface area (Å²) in [5.74, 6) is -0.868. The molecule has 0 saturated heterocycles. The minimum Gasteiger partial charge on any atom is -0.456 e. The van der Waals surface area contributed by atoms with E-state index in [1.165, 1.54) is 19.3 Å². The molecule has 0 aliphatic heterocycles. The number of hydrogen-bond acceptors (Lipinski definition) is 4. The summed E-state index contributed by atoms with van der Waals surface area (Å²) in [4.78, 5) is 35.8. The van der Waals surface area contributed by atoms with Crippen LogP contribution in [0.4, 0.5) is 0 Å². The molecule has 0 spiro atoms. The molecule has 0 bridgehead atoms. The van der Waals surface area contributed by atoms with Crippen LogP contribution in [-0.4, -0.2) is 30.3 Å². The molecule has 1 amide bonds. The monoisotopic (exact) mass is 359 g/mol. The fourth-order valence-corrected chi connectivity index (χ4v) is 3.19. The van der Waals surface area contributed by atoms with Crippen molar-refractivity contribution in [2.24, 2.45) is 0 Å². The Balaban J connectivity index is 1.65. The van der Waals surface area contributed by atoms with Gasteiger partial charge < -0.3 is 10.1 Å². The van der Waals surface area contributed by atoms with Gasteiger partial charge in [-0.1, -0.05) is 61.9 Å². The number of Topliss-reactive ketones (excluding diaryl/α,β-unsaturated/α-hetero) is 1. The maximum Gasteiger partial charge on any atom is 0.306 e. The van der Waals surface area contributed by atoms with E-state index in [1.807, 2.05) is 19.1 Å². The summed E-state index contributed by atoms with van der Waals surface area (Å²) in [5, 5.41) is 2.95. The van der Waals surface area contributed by atoms with Gasteiger partial charge in [0.1, 0.15) is 0 Å². The first kappa shape index (κ1) is 20.1. The summed E-state index contributed by atoms with van der Waals surface area (Å²) in [6.45, 7) is 1.68. The molecule has 0 atom stereocenters. The second-order valence-electron chi connectivity index (χ2n) is 7.06. The number of benzene rings is 1. The van der Waals surface area contributed by atoms with E-state index < -0.39 is 5.97 Å². The summed E-state index contributed by atoms with van der Waals surface area (Å²) >= 11 is 0. The lowest BCUT2D eigenvalue weighted by Crippen LogP contribution is -2.38. The molecule has 5 heteroatoms. The molecule has 5 nitrogen and oxygen atoms in total. The molecule has 1 aromatic rings. The molecule has 0 heterocycles. The van der Waals surface area contributed by atoms with Crippen LogP contribution in [0.1, 0.15) is 73.7 Å². The Morgan fingerprint density at radius 3 is 2.23 bits per heavy atom. The van der Waals surface area contributed by atoms with Gasteiger partial charge in [0.05, 0.1) is 6.42 Å². The Morgan fingerprint density at radius 1 is 0.962 bits per heavy atom. The van der Waals surface area contributed by atoms with Gasteiger partial charge in [0, 0.05) is 18.0 Å². The Labute approximate surface area is 155 Å². The lowest BCUT2D eigenvalue weighted by atomic mass is 9.97. The number of ketones is 1. The first-order valence-electron chi connectivity index (χ1n) is 9.59. The number of hydrogen-bond donors (Lipinski definition) is 1. The van der Waals surface area contributed by atoms with E-state index in [-0.39, 0.29) is 37.2 Å². The van der Waals surface area contributed by atoms with Gasteiger partial charge in [-0.25, -0.2) is 0 Å². The molecule has 0 radical (unpaired) electrons. The number of nitrogens with one attached hydrogen (secondary N) is 1. The normalized spacial score (nSPS) is 15.6. The summed E-state index contributed by atoms with van der Waals surface area (Å²) < 4.78 is 5.00. The smallest absolute Gasteiger partial charge is 0.306 e. The third-order valence-electron chi connectivity index (χ3n) is 4.76. The van der Waals surface area contributed by atoms with Gasteiger partial charge in [0.15, 0.2) is 12.4 Å². The maximum atomic E-state index is 12.0. The van der Waals surface area contributed by atoms with Gasteiger partial charge in [-0.05, 0) is 19.8 Å². The fourth-order valence-electron chi connectivity index (χ4n) is 3.19. The van der Waals surface area contributed by atoms with Gasteiger partial charge >= 0.3 is 5.97 Å². The first-order chi connectivity index (χ1) is 12.5. The van der Waals surface area contributed by atoms with Crippen molar-refractivity contribution in [3.8, 4) is 0 Å². The molecule has 1 aromatic carbocycles. The second-order valence-corrected chi connectivity index (χ2v) is 7.06. The first-order valence-corrected chi connectivity index (χ1v) is 9.59. The third-order valence-corrected chi connectivity index (χ3v) is 4.76. The highest BCUT2D eigenvalue weighted by molar-refractivity contribution is 5.97. The summed E-state index contributed by atoms with van der Waals surface area (Å²) in [6, 6.07) is 7.43. The van der Waals surface area contributed by atoms with Crippen LogP contribution < -0.4 is 5.32 Å². The third kappa shape index (κ3) is 7.38. The van der Waals surface area contributed by atoms with Crippen LogP contribution in [0.2, 0.25) is 0 Å². The Kier molecular flexibility index (Phi) is 8.32. The maximum absolute atomic E-state index is 12.0. The van der Waals surface area contributed by atoms with E-state index in [0.29, 0.717) is 5.56 Å². The average Bonchev–Trinajstić information content (AvgIpc) is 2.60. The van der Waals surface area contributed by atoms with E-state index in [9.17, 15) is 14.4 Å². The molecule has 142 valence electrons. The highest BCUT2D eigenvalue weighted by atomic mass is 16.5. The summed E-state index contributed by atoms with van der Waals surface area (Å²) in [6.07, 6.45) is 8.04. The largest absolute Gasteiger partial charge is 0.456 e. The van der Waals surface area contributed by atoms with Crippen LogP contribution in [0.5, 0.6) is 0 Å². The van der Waals surface area contributed by atoms with Crippen LogP contribution in [0.3, 0.4) is 0 Å². The molecule has 1 aliphatic rings. The average molecular weight is 359 g/mol. The zero-order chi connectivity index (χ0) is 18.8. The second kappa shape index (κ2) is 10.7. The zero-order valence-electron chi connectivity index (χ0n) is 15.6. The van der Waals surface area contributed by atoms with Crippen LogP contribution in [0.25, 0.3) is 0 Å². The number of aryl methyl sites for hydroxylation is 1. The van der Waals surface area contributed by atoms with Crippen molar-refractivity contribution in [1.29, 1.82) is 0 Å². The SMILES string of the molecule is Cc1ccc(C(=O)CCC(=O)OCC(=O)NC2CCCCCCC2)cc1. The fraction of sp³-hybridized carbons (Fsp3) is 0.571. The molecule has 26 heavy (non-hydrogen) atoms. The zero-order valence-corrected chi connectivity index (χ0v) is 15.6. The molecule has 0 unspecified atom stereocenters. The van der Waals surface area contributed by atoms with Crippen LogP contribution in [-0.2, 0) is 14.3 Å². The van der Waals surface area contributed by atoms with Gasteiger partial charge in [0.25, 0.3) is 5.91 Å². The number of amides is 1. The van der Waals surface area contributed by atoms with Crippen molar-refractivity contribution in [2.45, 2.75) is 70.8 Å². The van der Waals surface area contributed by atoms with Gasteiger partial charge in [0.2, 0.25) is 0 Å². The predicted octanol–water partition coefficient (Wildman–Crippen LogP) is 3.73. The van der Waals surface area contributed by atoms with E-state index >= 15 is 0 Å². The Morgan fingerprint density at radius 2 is 1.58 bits per heavy atom. The van der Waals surface area contributed by atoms with Gasteiger partial charge in [-0.3, -0.25) is 14.4 Å². The van der Waals surface area contributed by atoms with Crippen LogP contribution >= 0.6 is 0 Å². The number of ether oxygens (including phenoxy) is 1. The predicted molar refractivity (Wildman–Crippen MR) is 100.0 cm³/mol. The molecule has 1 saturated carbocycles. The summed E-state index contributed by atoms with van der Waals surface area (Å²) in [5.41, 5.74) is 1.67. The number of carbonyl (C=O) groups is 3. The standard InChI is InChI=1S/C21H29NO4/c1-16-9-11-17(12-10-16)19(23)13-14-21(25)26-15-20(24)22-18-7-5-3-2-4-6-8-18/h9-12,18H,2-8,13-15H2,1H3,(H,22,24). The molecule has 2 rings (SSSR count). The number of esters is 1. The van der Waals surface area contributed by atoms with E-state index in [4.69, 9.17) is 4.74 Å². The Hall–Kier alpha value is -2.17. The topological polar surface area (TPSA) is 72.5 Å². The summed E-state index contributed by atoms with van der Waals surface area (Å²) in [7, 11) is 0. The lowest BCUT2D eigenvalue weighted by molar-refractivity contribution is -0.148. The van der Waals surface area contributed by atoms with Crippen molar-refractivity contribution in [3.63, 3.8) is 0 Å². The van der Waals surface area contributed by atoms with Crippen LogP contribution in [0, 0.1) is 6.92 Å². The molecular formula is C21H29NO4. The van der Waals surface area contributed by atoms with Crippen LogP contribution in [0.15, 0.2) is 24.3 Å². The molecule has 0 aromatic heterocycles.